The zero-order chi connectivity index (χ0) is 17.4. The monoisotopic (exact) mass is 337 g/mol. The Morgan fingerprint density at radius 2 is 1.96 bits per heavy atom. The number of aromatic amines is 1. The fourth-order valence-corrected chi connectivity index (χ4v) is 3.86. The Kier molecular flexibility index (Phi) is 4.03. The Balaban J connectivity index is 1.79. The zero-order valence-corrected chi connectivity index (χ0v) is 14.6. The van der Waals surface area contributed by atoms with Crippen molar-refractivity contribution < 1.29 is 0 Å². The smallest absolute Gasteiger partial charge is 0.263 e. The highest BCUT2D eigenvalue weighted by Gasteiger charge is 2.27. The molecule has 6 heteroatoms. The van der Waals surface area contributed by atoms with Gasteiger partial charge in [-0.25, -0.2) is 4.68 Å². The molecule has 130 valence electrons. The van der Waals surface area contributed by atoms with E-state index in [0.29, 0.717) is 28.9 Å². The first kappa shape index (κ1) is 15.9. The number of nitrogens with zero attached hydrogens (tertiary/aromatic N) is 4. The average Bonchev–Trinajstić information content (AvgIpc) is 3.07. The van der Waals surface area contributed by atoms with Crippen LogP contribution in [0.5, 0.6) is 0 Å². The number of aromatic nitrogens is 4. The van der Waals surface area contributed by atoms with E-state index in [1.165, 1.54) is 19.3 Å². The van der Waals surface area contributed by atoms with Crippen molar-refractivity contribution >= 4 is 17.0 Å². The highest BCUT2D eigenvalue weighted by atomic mass is 16.1. The third-order valence-corrected chi connectivity index (χ3v) is 5.32. The SMILES string of the molecule is CC1CCCCC1N(C)c1nc2c(cnn2-c2ccccc2)c(=O)[nH]1. The summed E-state index contributed by atoms with van der Waals surface area (Å²) in [6, 6.07) is 10.2. The predicted octanol–water partition coefficient (Wildman–Crippen LogP) is 3.12. The Morgan fingerprint density at radius 1 is 1.20 bits per heavy atom. The summed E-state index contributed by atoms with van der Waals surface area (Å²) in [6.45, 7) is 2.28. The molecule has 6 nitrogen and oxygen atoms in total. The third kappa shape index (κ3) is 2.81. The van der Waals surface area contributed by atoms with E-state index >= 15 is 0 Å². The lowest BCUT2D eigenvalue weighted by Gasteiger charge is -2.36. The Morgan fingerprint density at radius 3 is 2.72 bits per heavy atom. The van der Waals surface area contributed by atoms with Gasteiger partial charge in [-0.3, -0.25) is 9.78 Å². The molecule has 0 amide bonds. The Hall–Kier alpha value is -2.63. The first-order valence-electron chi connectivity index (χ1n) is 8.91. The molecule has 2 atom stereocenters. The fraction of sp³-hybridized carbons (Fsp3) is 0.421. The van der Waals surface area contributed by atoms with Crippen LogP contribution in [0.3, 0.4) is 0 Å². The summed E-state index contributed by atoms with van der Waals surface area (Å²) in [5.41, 5.74) is 1.35. The number of benzene rings is 1. The van der Waals surface area contributed by atoms with Gasteiger partial charge in [0.1, 0.15) is 5.39 Å². The van der Waals surface area contributed by atoms with Gasteiger partial charge in [-0.15, -0.1) is 0 Å². The van der Waals surface area contributed by atoms with Crippen molar-refractivity contribution in [1.82, 2.24) is 19.7 Å². The van der Waals surface area contributed by atoms with Gasteiger partial charge in [-0.2, -0.15) is 10.1 Å². The van der Waals surface area contributed by atoms with Crippen LogP contribution in [0.2, 0.25) is 0 Å². The summed E-state index contributed by atoms with van der Waals surface area (Å²) in [5.74, 6) is 1.22. The summed E-state index contributed by atoms with van der Waals surface area (Å²) in [5, 5.41) is 4.88. The molecule has 3 aromatic rings. The molecule has 1 saturated carbocycles. The molecule has 0 spiro atoms. The van der Waals surface area contributed by atoms with Crippen LogP contribution in [0.25, 0.3) is 16.7 Å². The molecule has 4 rings (SSSR count). The predicted molar refractivity (Wildman–Crippen MR) is 99.3 cm³/mol. The molecule has 0 aliphatic heterocycles. The Labute approximate surface area is 146 Å². The van der Waals surface area contributed by atoms with Gasteiger partial charge >= 0.3 is 0 Å². The minimum Gasteiger partial charge on any atom is -0.342 e. The highest BCUT2D eigenvalue weighted by Crippen LogP contribution is 2.29. The molecule has 0 bridgehead atoms. The molecule has 2 aromatic heterocycles. The van der Waals surface area contributed by atoms with Crippen molar-refractivity contribution in [3.63, 3.8) is 0 Å². The first-order chi connectivity index (χ1) is 12.1. The molecule has 1 N–H and O–H groups in total. The van der Waals surface area contributed by atoms with E-state index in [1.807, 2.05) is 37.4 Å². The molecule has 1 aliphatic carbocycles. The maximum absolute atomic E-state index is 12.5. The number of nitrogens with one attached hydrogen (secondary N) is 1. The maximum Gasteiger partial charge on any atom is 0.263 e. The van der Waals surface area contributed by atoms with Crippen LogP contribution in [-0.2, 0) is 0 Å². The van der Waals surface area contributed by atoms with Crippen molar-refractivity contribution in [2.45, 2.75) is 38.6 Å². The van der Waals surface area contributed by atoms with E-state index in [-0.39, 0.29) is 5.56 Å². The molecule has 25 heavy (non-hydrogen) atoms. The summed E-state index contributed by atoms with van der Waals surface area (Å²) < 4.78 is 1.73. The van der Waals surface area contributed by atoms with Gasteiger partial charge in [0.2, 0.25) is 5.95 Å². The molecule has 0 radical (unpaired) electrons. The summed E-state index contributed by atoms with van der Waals surface area (Å²) in [6.07, 6.45) is 6.46. The summed E-state index contributed by atoms with van der Waals surface area (Å²) in [4.78, 5) is 22.4. The molecular formula is C19H23N5O. The third-order valence-electron chi connectivity index (χ3n) is 5.32. The van der Waals surface area contributed by atoms with Crippen LogP contribution in [0.15, 0.2) is 41.3 Å². The fourth-order valence-electron chi connectivity index (χ4n) is 3.86. The lowest BCUT2D eigenvalue weighted by Crippen LogP contribution is -2.40. The second-order valence-electron chi connectivity index (χ2n) is 6.96. The van der Waals surface area contributed by atoms with Gasteiger partial charge in [0.05, 0.1) is 11.9 Å². The zero-order valence-electron chi connectivity index (χ0n) is 14.6. The van der Waals surface area contributed by atoms with Crippen molar-refractivity contribution in [1.29, 1.82) is 0 Å². The van der Waals surface area contributed by atoms with Gasteiger partial charge in [0.15, 0.2) is 5.65 Å². The van der Waals surface area contributed by atoms with Crippen LogP contribution < -0.4 is 10.5 Å². The van der Waals surface area contributed by atoms with Gasteiger partial charge in [0, 0.05) is 13.1 Å². The number of hydrogen-bond acceptors (Lipinski definition) is 4. The van der Waals surface area contributed by atoms with Gasteiger partial charge < -0.3 is 4.90 Å². The quantitative estimate of drug-likeness (QED) is 0.797. The number of rotatable bonds is 3. The lowest BCUT2D eigenvalue weighted by molar-refractivity contribution is 0.319. The average molecular weight is 337 g/mol. The second kappa shape index (κ2) is 6.35. The van der Waals surface area contributed by atoms with E-state index in [0.717, 1.165) is 12.1 Å². The highest BCUT2D eigenvalue weighted by molar-refractivity contribution is 5.76. The summed E-state index contributed by atoms with van der Waals surface area (Å²) >= 11 is 0. The second-order valence-corrected chi connectivity index (χ2v) is 6.96. The number of anilines is 1. The van der Waals surface area contributed by atoms with Gasteiger partial charge in [-0.05, 0) is 30.9 Å². The molecule has 1 aromatic carbocycles. The largest absolute Gasteiger partial charge is 0.342 e. The first-order valence-corrected chi connectivity index (χ1v) is 8.91. The van der Waals surface area contributed by atoms with Crippen LogP contribution >= 0.6 is 0 Å². The van der Waals surface area contributed by atoms with Gasteiger partial charge in [-0.1, -0.05) is 38.0 Å². The van der Waals surface area contributed by atoms with Crippen molar-refractivity contribution in [3.05, 3.63) is 46.9 Å². The van der Waals surface area contributed by atoms with Crippen LogP contribution in [0.1, 0.15) is 32.6 Å². The number of fused-ring (bicyclic) bond motifs is 1. The van der Waals surface area contributed by atoms with Crippen molar-refractivity contribution in [2.24, 2.45) is 5.92 Å². The van der Waals surface area contributed by atoms with E-state index < -0.39 is 0 Å². The van der Waals surface area contributed by atoms with E-state index in [9.17, 15) is 4.79 Å². The minimum absolute atomic E-state index is 0.141. The molecular weight excluding hydrogens is 314 g/mol. The van der Waals surface area contributed by atoms with Crippen LogP contribution in [0.4, 0.5) is 5.95 Å². The van der Waals surface area contributed by atoms with Crippen LogP contribution in [-0.4, -0.2) is 32.8 Å². The maximum atomic E-state index is 12.5. The summed E-state index contributed by atoms with van der Waals surface area (Å²) in [7, 11) is 2.03. The van der Waals surface area contributed by atoms with E-state index in [1.54, 1.807) is 10.9 Å². The number of hydrogen-bond donors (Lipinski definition) is 1. The molecule has 2 unspecified atom stereocenters. The van der Waals surface area contributed by atoms with Crippen molar-refractivity contribution in [3.8, 4) is 5.69 Å². The number of para-hydroxylation sites is 1. The Bertz CT molecular complexity index is 930. The standard InChI is InChI=1S/C19H23N5O/c1-13-8-6-7-11-16(13)23(2)19-21-17-15(18(25)22-19)12-20-24(17)14-9-4-3-5-10-14/h3-5,9-10,12-13,16H,6-8,11H2,1-2H3,(H,21,22,25). The molecule has 0 saturated heterocycles. The van der Waals surface area contributed by atoms with Crippen LogP contribution in [0, 0.1) is 5.92 Å². The van der Waals surface area contributed by atoms with E-state index in [4.69, 9.17) is 4.98 Å². The van der Waals surface area contributed by atoms with Crippen molar-refractivity contribution in [2.75, 3.05) is 11.9 Å². The number of H-pyrrole nitrogens is 1. The normalized spacial score (nSPS) is 20.7. The molecule has 2 heterocycles. The van der Waals surface area contributed by atoms with Gasteiger partial charge in [0.25, 0.3) is 5.56 Å². The van der Waals surface area contributed by atoms with E-state index in [2.05, 4.69) is 21.9 Å². The topological polar surface area (TPSA) is 66.8 Å². The lowest BCUT2D eigenvalue weighted by atomic mass is 9.85. The molecule has 1 aliphatic rings. The minimum atomic E-state index is -0.141. The molecule has 1 fully saturated rings.